The van der Waals surface area contributed by atoms with E-state index in [4.69, 9.17) is 9.05 Å². The lowest BCUT2D eigenvalue weighted by molar-refractivity contribution is 0.291. The molecule has 3 aromatic carbocycles. The van der Waals surface area contributed by atoms with E-state index >= 15 is 0 Å². The van der Waals surface area contributed by atoms with Crippen LogP contribution < -0.4 is 9.05 Å². The van der Waals surface area contributed by atoms with Crippen molar-refractivity contribution in [1.82, 2.24) is 0 Å². The molecule has 26 heavy (non-hydrogen) atoms. The van der Waals surface area contributed by atoms with Crippen LogP contribution >= 0.6 is 7.82 Å². The predicted molar refractivity (Wildman–Crippen MR) is 103 cm³/mol. The standard InChI is InChI=1S/C21H21O4P/c1-16(2)18-7-6-8-19(15-18)17-11-13-21(14-12-17)25-26(22,23)24-20-9-4-3-5-10-20/h3-16H,1-2H3,(H,22,23). The second-order valence-electron chi connectivity index (χ2n) is 6.27. The first-order chi connectivity index (χ1) is 12.4. The number of hydrogen-bond acceptors (Lipinski definition) is 3. The number of rotatable bonds is 6. The highest BCUT2D eigenvalue weighted by Gasteiger charge is 2.24. The van der Waals surface area contributed by atoms with Gasteiger partial charge in [-0.3, -0.25) is 4.89 Å². The molecule has 0 aliphatic heterocycles. The minimum absolute atomic E-state index is 0.274. The molecule has 0 heterocycles. The number of para-hydroxylation sites is 1. The van der Waals surface area contributed by atoms with Gasteiger partial charge in [-0.1, -0.05) is 68.4 Å². The van der Waals surface area contributed by atoms with E-state index in [0.29, 0.717) is 5.92 Å². The van der Waals surface area contributed by atoms with Crippen LogP contribution in [0.4, 0.5) is 0 Å². The maximum atomic E-state index is 12.1. The number of hydrogen-bond donors (Lipinski definition) is 1. The molecule has 3 rings (SSSR count). The van der Waals surface area contributed by atoms with E-state index in [2.05, 4.69) is 26.0 Å². The largest absolute Gasteiger partial charge is 0.584 e. The maximum absolute atomic E-state index is 12.1. The van der Waals surface area contributed by atoms with Crippen LogP contribution in [0.3, 0.4) is 0 Å². The molecule has 0 amide bonds. The Bertz CT molecular complexity index is 905. The fourth-order valence-corrected chi connectivity index (χ4v) is 3.37. The molecule has 0 aliphatic carbocycles. The van der Waals surface area contributed by atoms with E-state index in [1.807, 2.05) is 24.3 Å². The van der Waals surface area contributed by atoms with Crippen LogP contribution in [0.5, 0.6) is 11.5 Å². The summed E-state index contributed by atoms with van der Waals surface area (Å²) >= 11 is 0. The molecule has 4 nitrogen and oxygen atoms in total. The van der Waals surface area contributed by atoms with E-state index in [1.165, 1.54) is 5.56 Å². The Kier molecular flexibility index (Phi) is 5.46. The summed E-state index contributed by atoms with van der Waals surface area (Å²) in [6.45, 7) is 4.31. The monoisotopic (exact) mass is 368 g/mol. The van der Waals surface area contributed by atoms with Gasteiger partial charge in [0.15, 0.2) is 0 Å². The first-order valence-corrected chi connectivity index (χ1v) is 9.90. The van der Waals surface area contributed by atoms with Crippen molar-refractivity contribution in [3.63, 3.8) is 0 Å². The zero-order valence-electron chi connectivity index (χ0n) is 14.7. The van der Waals surface area contributed by atoms with Crippen LogP contribution in [0.15, 0.2) is 78.9 Å². The van der Waals surface area contributed by atoms with Gasteiger partial charge in [0.05, 0.1) is 0 Å². The molecule has 3 aromatic rings. The molecule has 0 spiro atoms. The van der Waals surface area contributed by atoms with E-state index in [1.54, 1.807) is 42.5 Å². The molecule has 0 fully saturated rings. The summed E-state index contributed by atoms with van der Waals surface area (Å²) in [6.07, 6.45) is 0. The second-order valence-corrected chi connectivity index (χ2v) is 7.57. The summed E-state index contributed by atoms with van der Waals surface area (Å²) in [6, 6.07) is 23.8. The normalized spacial score (nSPS) is 13.2. The van der Waals surface area contributed by atoms with Gasteiger partial charge in [0.25, 0.3) is 0 Å². The Morgan fingerprint density at radius 3 is 2.00 bits per heavy atom. The Morgan fingerprint density at radius 1 is 0.769 bits per heavy atom. The lowest BCUT2D eigenvalue weighted by Gasteiger charge is -2.14. The first-order valence-electron chi connectivity index (χ1n) is 8.40. The van der Waals surface area contributed by atoms with Crippen molar-refractivity contribution >= 4 is 7.82 Å². The zero-order chi connectivity index (χ0) is 18.6. The molecular formula is C21H21O4P. The minimum atomic E-state index is -4.24. The van der Waals surface area contributed by atoms with Crippen molar-refractivity contribution in [3.8, 4) is 22.6 Å². The Morgan fingerprint density at radius 2 is 1.38 bits per heavy atom. The van der Waals surface area contributed by atoms with Gasteiger partial charge >= 0.3 is 7.82 Å². The molecule has 0 aliphatic rings. The molecule has 0 aromatic heterocycles. The van der Waals surface area contributed by atoms with Gasteiger partial charge in [-0.25, -0.2) is 4.57 Å². The fourth-order valence-electron chi connectivity index (χ4n) is 2.55. The Hall–Kier alpha value is -2.55. The van der Waals surface area contributed by atoms with Crippen LogP contribution in [-0.4, -0.2) is 4.89 Å². The fraction of sp³-hybridized carbons (Fsp3) is 0.143. The van der Waals surface area contributed by atoms with Gasteiger partial charge in [0.2, 0.25) is 0 Å². The molecule has 1 atom stereocenters. The lowest BCUT2D eigenvalue weighted by atomic mass is 9.97. The Labute approximate surface area is 153 Å². The summed E-state index contributed by atoms with van der Waals surface area (Å²) < 4.78 is 22.3. The van der Waals surface area contributed by atoms with Crippen molar-refractivity contribution in [1.29, 1.82) is 0 Å². The van der Waals surface area contributed by atoms with Gasteiger partial charge in [0, 0.05) is 0 Å². The van der Waals surface area contributed by atoms with Gasteiger partial charge in [0.1, 0.15) is 11.5 Å². The molecule has 0 saturated heterocycles. The van der Waals surface area contributed by atoms with Gasteiger partial charge < -0.3 is 9.05 Å². The molecule has 0 radical (unpaired) electrons. The summed E-state index contributed by atoms with van der Waals surface area (Å²) in [5, 5.41) is 0. The third kappa shape index (κ3) is 4.75. The summed E-state index contributed by atoms with van der Waals surface area (Å²) in [5.74, 6) is 1.00. The van der Waals surface area contributed by atoms with Crippen molar-refractivity contribution in [2.75, 3.05) is 0 Å². The van der Waals surface area contributed by atoms with Crippen molar-refractivity contribution in [2.45, 2.75) is 19.8 Å². The number of phosphoric ester groups is 1. The maximum Gasteiger partial charge on any atom is 0.584 e. The van der Waals surface area contributed by atoms with E-state index in [0.717, 1.165) is 11.1 Å². The van der Waals surface area contributed by atoms with Crippen LogP contribution in [-0.2, 0) is 4.57 Å². The van der Waals surface area contributed by atoms with Crippen molar-refractivity contribution < 1.29 is 18.5 Å². The van der Waals surface area contributed by atoms with Crippen molar-refractivity contribution in [2.24, 2.45) is 0 Å². The highest BCUT2D eigenvalue weighted by molar-refractivity contribution is 7.48. The van der Waals surface area contributed by atoms with Crippen molar-refractivity contribution in [3.05, 3.63) is 84.4 Å². The Balaban J connectivity index is 1.73. The van der Waals surface area contributed by atoms with Crippen LogP contribution in [0, 0.1) is 0 Å². The second kappa shape index (κ2) is 7.77. The smallest absolute Gasteiger partial charge is 0.395 e. The highest BCUT2D eigenvalue weighted by atomic mass is 31.2. The molecule has 1 N–H and O–H groups in total. The number of benzene rings is 3. The molecular weight excluding hydrogens is 347 g/mol. The third-order valence-electron chi connectivity index (χ3n) is 3.93. The van der Waals surface area contributed by atoms with E-state index < -0.39 is 7.82 Å². The number of phosphoric acid groups is 1. The molecule has 5 heteroatoms. The third-order valence-corrected chi connectivity index (χ3v) is 4.81. The summed E-state index contributed by atoms with van der Waals surface area (Å²) in [4.78, 5) is 9.92. The minimum Gasteiger partial charge on any atom is -0.395 e. The zero-order valence-corrected chi connectivity index (χ0v) is 15.6. The van der Waals surface area contributed by atoms with Crippen LogP contribution in [0.2, 0.25) is 0 Å². The predicted octanol–water partition coefficient (Wildman–Crippen LogP) is 6.04. The van der Waals surface area contributed by atoms with E-state index in [9.17, 15) is 9.46 Å². The average molecular weight is 368 g/mol. The molecule has 134 valence electrons. The van der Waals surface area contributed by atoms with Gasteiger partial charge in [-0.05, 0) is 46.9 Å². The summed E-state index contributed by atoms with van der Waals surface area (Å²) in [5.41, 5.74) is 3.37. The molecule has 0 bridgehead atoms. The highest BCUT2D eigenvalue weighted by Crippen LogP contribution is 2.44. The molecule has 1 unspecified atom stereocenters. The summed E-state index contributed by atoms with van der Waals surface area (Å²) in [7, 11) is -4.24. The quantitative estimate of drug-likeness (QED) is 0.539. The van der Waals surface area contributed by atoms with Gasteiger partial charge in [-0.2, -0.15) is 0 Å². The lowest BCUT2D eigenvalue weighted by Crippen LogP contribution is -1.99. The first kappa shape index (κ1) is 18.2. The van der Waals surface area contributed by atoms with Gasteiger partial charge in [-0.15, -0.1) is 0 Å². The molecule has 0 saturated carbocycles. The van der Waals surface area contributed by atoms with Crippen LogP contribution in [0.25, 0.3) is 11.1 Å². The average Bonchev–Trinajstić information content (AvgIpc) is 2.62. The SMILES string of the molecule is CC(C)c1cccc(-c2ccc(OP(=O)(O)Oc3ccccc3)cc2)c1. The van der Waals surface area contributed by atoms with Crippen LogP contribution in [0.1, 0.15) is 25.3 Å². The topological polar surface area (TPSA) is 55.8 Å². The van der Waals surface area contributed by atoms with E-state index in [-0.39, 0.29) is 11.5 Å².